The minimum Gasteiger partial charge on any atom is -0.481 e. The second kappa shape index (κ2) is 7.22. The Morgan fingerprint density at radius 2 is 1.70 bits per heavy atom. The number of aryl methyl sites for hydroxylation is 1. The van der Waals surface area contributed by atoms with Gasteiger partial charge in [0.25, 0.3) is 0 Å². The standard InChI is InChI=1S/C16H19NO2S/c1-2-14-7-8-15(20-14)11-17-10-13-5-3-12(4-6-13)9-16(18)19/h3-8,17H,2,9-11H2,1H3,(H,18,19). The summed E-state index contributed by atoms with van der Waals surface area (Å²) in [6.07, 6.45) is 1.18. The summed E-state index contributed by atoms with van der Waals surface area (Å²) in [6.45, 7) is 3.84. The average Bonchev–Trinajstić information content (AvgIpc) is 2.88. The summed E-state index contributed by atoms with van der Waals surface area (Å²) in [7, 11) is 0. The molecule has 1 aromatic carbocycles. The molecule has 0 aliphatic rings. The van der Waals surface area contributed by atoms with Gasteiger partial charge in [0.05, 0.1) is 6.42 Å². The normalized spacial score (nSPS) is 10.7. The van der Waals surface area contributed by atoms with Gasteiger partial charge in [-0.15, -0.1) is 11.3 Å². The predicted octanol–water partition coefficient (Wildman–Crippen LogP) is 3.23. The zero-order valence-corrected chi connectivity index (χ0v) is 12.4. The Hall–Kier alpha value is -1.65. The maximum absolute atomic E-state index is 10.6. The van der Waals surface area contributed by atoms with Crippen molar-refractivity contribution in [2.75, 3.05) is 0 Å². The van der Waals surface area contributed by atoms with Crippen molar-refractivity contribution in [1.82, 2.24) is 5.32 Å². The van der Waals surface area contributed by atoms with E-state index in [4.69, 9.17) is 5.11 Å². The Morgan fingerprint density at radius 1 is 1.05 bits per heavy atom. The summed E-state index contributed by atoms with van der Waals surface area (Å²) in [5, 5.41) is 12.1. The largest absolute Gasteiger partial charge is 0.481 e. The van der Waals surface area contributed by atoms with Crippen molar-refractivity contribution in [2.45, 2.75) is 32.9 Å². The minimum atomic E-state index is -0.791. The molecular formula is C16H19NO2S. The van der Waals surface area contributed by atoms with Gasteiger partial charge in [-0.25, -0.2) is 0 Å². The SMILES string of the molecule is CCc1ccc(CNCc2ccc(CC(=O)O)cc2)s1. The van der Waals surface area contributed by atoms with Gasteiger partial charge >= 0.3 is 5.97 Å². The van der Waals surface area contributed by atoms with Gasteiger partial charge in [-0.1, -0.05) is 31.2 Å². The van der Waals surface area contributed by atoms with Gasteiger partial charge < -0.3 is 10.4 Å². The van der Waals surface area contributed by atoms with Crippen LogP contribution in [0.3, 0.4) is 0 Å². The molecule has 0 saturated carbocycles. The van der Waals surface area contributed by atoms with Gasteiger partial charge in [-0.2, -0.15) is 0 Å². The number of rotatable bonds is 7. The fourth-order valence-corrected chi connectivity index (χ4v) is 2.91. The number of nitrogens with one attached hydrogen (secondary N) is 1. The Balaban J connectivity index is 1.80. The molecule has 0 atom stereocenters. The molecule has 0 saturated heterocycles. The van der Waals surface area contributed by atoms with Crippen LogP contribution in [-0.2, 0) is 30.7 Å². The molecule has 4 heteroatoms. The summed E-state index contributed by atoms with van der Waals surface area (Å²) >= 11 is 1.85. The molecule has 0 aliphatic carbocycles. The van der Waals surface area contributed by atoms with E-state index in [1.807, 2.05) is 35.6 Å². The first kappa shape index (κ1) is 14.8. The number of aliphatic carboxylic acids is 1. The number of carboxylic acid groups (broad SMARTS) is 1. The van der Waals surface area contributed by atoms with Gasteiger partial charge in [0.2, 0.25) is 0 Å². The van der Waals surface area contributed by atoms with E-state index in [9.17, 15) is 4.79 Å². The molecule has 0 aliphatic heterocycles. The highest BCUT2D eigenvalue weighted by Gasteiger charge is 2.01. The molecule has 0 fully saturated rings. The Labute approximate surface area is 123 Å². The first-order valence-electron chi connectivity index (χ1n) is 6.75. The van der Waals surface area contributed by atoms with E-state index >= 15 is 0 Å². The van der Waals surface area contributed by atoms with Crippen LogP contribution in [0.15, 0.2) is 36.4 Å². The van der Waals surface area contributed by atoms with Crippen LogP contribution in [0, 0.1) is 0 Å². The van der Waals surface area contributed by atoms with Crippen molar-refractivity contribution in [2.24, 2.45) is 0 Å². The lowest BCUT2D eigenvalue weighted by atomic mass is 10.1. The first-order valence-corrected chi connectivity index (χ1v) is 7.57. The lowest BCUT2D eigenvalue weighted by Gasteiger charge is -2.04. The second-order valence-electron chi connectivity index (χ2n) is 4.71. The van der Waals surface area contributed by atoms with Crippen LogP contribution in [0.25, 0.3) is 0 Å². The molecule has 2 aromatic rings. The first-order chi connectivity index (χ1) is 9.67. The molecule has 0 unspecified atom stereocenters. The van der Waals surface area contributed by atoms with Gasteiger partial charge in [-0.3, -0.25) is 4.79 Å². The third kappa shape index (κ3) is 4.47. The van der Waals surface area contributed by atoms with Crippen LogP contribution < -0.4 is 5.32 Å². The van der Waals surface area contributed by atoms with E-state index < -0.39 is 5.97 Å². The molecule has 20 heavy (non-hydrogen) atoms. The lowest BCUT2D eigenvalue weighted by Crippen LogP contribution is -2.11. The van der Waals surface area contributed by atoms with Gasteiger partial charge in [0.15, 0.2) is 0 Å². The Bertz CT molecular complexity index is 560. The van der Waals surface area contributed by atoms with E-state index in [2.05, 4.69) is 24.4 Å². The van der Waals surface area contributed by atoms with E-state index in [0.717, 1.165) is 25.1 Å². The summed E-state index contributed by atoms with van der Waals surface area (Å²) in [6, 6.07) is 12.1. The number of carbonyl (C=O) groups is 1. The number of hydrogen-bond donors (Lipinski definition) is 2. The van der Waals surface area contributed by atoms with Crippen molar-refractivity contribution in [3.8, 4) is 0 Å². The van der Waals surface area contributed by atoms with Crippen molar-refractivity contribution < 1.29 is 9.90 Å². The molecule has 2 N–H and O–H groups in total. The zero-order valence-electron chi connectivity index (χ0n) is 11.6. The summed E-state index contributed by atoms with van der Waals surface area (Å²) in [4.78, 5) is 13.4. The molecule has 2 rings (SSSR count). The van der Waals surface area contributed by atoms with Crippen LogP contribution in [0.1, 0.15) is 27.8 Å². The fourth-order valence-electron chi connectivity index (χ4n) is 1.99. The minimum absolute atomic E-state index is 0.0860. The van der Waals surface area contributed by atoms with Crippen LogP contribution in [0.5, 0.6) is 0 Å². The van der Waals surface area contributed by atoms with Crippen LogP contribution in [-0.4, -0.2) is 11.1 Å². The quantitative estimate of drug-likeness (QED) is 0.823. The van der Waals surface area contributed by atoms with Gasteiger partial charge in [-0.05, 0) is 29.7 Å². The predicted molar refractivity (Wildman–Crippen MR) is 82.0 cm³/mol. The highest BCUT2D eigenvalue weighted by Crippen LogP contribution is 2.16. The van der Waals surface area contributed by atoms with E-state index in [0.29, 0.717) is 0 Å². The van der Waals surface area contributed by atoms with E-state index in [1.165, 1.54) is 15.3 Å². The molecule has 0 bridgehead atoms. The number of thiophene rings is 1. The molecule has 1 heterocycles. The molecule has 0 amide bonds. The van der Waals surface area contributed by atoms with E-state index in [1.54, 1.807) is 0 Å². The molecule has 3 nitrogen and oxygen atoms in total. The van der Waals surface area contributed by atoms with Gasteiger partial charge in [0, 0.05) is 22.8 Å². The molecule has 0 radical (unpaired) electrons. The number of hydrogen-bond acceptors (Lipinski definition) is 3. The fraction of sp³-hybridized carbons (Fsp3) is 0.312. The monoisotopic (exact) mass is 289 g/mol. The highest BCUT2D eigenvalue weighted by atomic mass is 32.1. The van der Waals surface area contributed by atoms with Crippen LogP contribution in [0.2, 0.25) is 0 Å². The van der Waals surface area contributed by atoms with Crippen LogP contribution in [0.4, 0.5) is 0 Å². The Kier molecular flexibility index (Phi) is 5.32. The molecular weight excluding hydrogens is 270 g/mol. The average molecular weight is 289 g/mol. The molecule has 1 aromatic heterocycles. The third-order valence-corrected chi connectivity index (χ3v) is 4.30. The van der Waals surface area contributed by atoms with E-state index in [-0.39, 0.29) is 6.42 Å². The molecule has 0 spiro atoms. The second-order valence-corrected chi connectivity index (χ2v) is 5.97. The summed E-state index contributed by atoms with van der Waals surface area (Å²) < 4.78 is 0. The van der Waals surface area contributed by atoms with Crippen LogP contribution >= 0.6 is 11.3 Å². The van der Waals surface area contributed by atoms with Gasteiger partial charge in [0.1, 0.15) is 0 Å². The maximum Gasteiger partial charge on any atom is 0.307 e. The number of carboxylic acids is 1. The van der Waals surface area contributed by atoms with Crippen molar-refractivity contribution in [1.29, 1.82) is 0 Å². The summed E-state index contributed by atoms with van der Waals surface area (Å²) in [5.74, 6) is -0.791. The smallest absolute Gasteiger partial charge is 0.307 e. The highest BCUT2D eigenvalue weighted by molar-refractivity contribution is 7.11. The third-order valence-electron chi connectivity index (χ3n) is 3.07. The number of benzene rings is 1. The topological polar surface area (TPSA) is 49.3 Å². The lowest BCUT2D eigenvalue weighted by molar-refractivity contribution is -0.136. The van der Waals surface area contributed by atoms with Crippen molar-refractivity contribution in [3.05, 3.63) is 57.3 Å². The van der Waals surface area contributed by atoms with Crippen molar-refractivity contribution >= 4 is 17.3 Å². The Morgan fingerprint density at radius 3 is 2.30 bits per heavy atom. The van der Waals surface area contributed by atoms with Crippen molar-refractivity contribution in [3.63, 3.8) is 0 Å². The zero-order chi connectivity index (χ0) is 14.4. The summed E-state index contributed by atoms with van der Waals surface area (Å²) in [5.41, 5.74) is 2.01. The maximum atomic E-state index is 10.6. The molecule has 106 valence electrons.